The highest BCUT2D eigenvalue weighted by Crippen LogP contribution is 2.53. The van der Waals surface area contributed by atoms with E-state index in [0.29, 0.717) is 16.7 Å². The van der Waals surface area contributed by atoms with Crippen molar-refractivity contribution in [3.05, 3.63) is 34.4 Å². The Labute approximate surface area is 199 Å². The van der Waals surface area contributed by atoms with Gasteiger partial charge in [-0.3, -0.25) is 19.2 Å². The van der Waals surface area contributed by atoms with Gasteiger partial charge in [-0.15, -0.1) is 0 Å². The number of rotatable bonds is 4. The second kappa shape index (κ2) is 8.89. The van der Waals surface area contributed by atoms with Crippen LogP contribution in [0.25, 0.3) is 0 Å². The maximum Gasteiger partial charge on any atom is 0.308 e. The standard InChI is InChI=1S/C26H32O8/c1-13(2)17-9-18-19(24(33-16(5)29)23(17)32-15(4)28)11-26(8)21(10-20(18)31-14(3)27)25(6,7)12-22(30)34-26/h9-10,13,20H,11-12H2,1-8H3/t20-,26-/m0/s1. The largest absolute Gasteiger partial charge is 0.454 e. The highest BCUT2D eigenvalue weighted by Gasteiger charge is 2.50. The molecule has 0 amide bonds. The van der Waals surface area contributed by atoms with Crippen LogP contribution in [0.15, 0.2) is 17.7 Å². The van der Waals surface area contributed by atoms with Gasteiger partial charge in [0.25, 0.3) is 0 Å². The maximum absolute atomic E-state index is 12.6. The molecule has 0 radical (unpaired) electrons. The first-order valence-corrected chi connectivity index (χ1v) is 11.3. The molecule has 0 spiro atoms. The predicted octanol–water partition coefficient (Wildman–Crippen LogP) is 4.48. The summed E-state index contributed by atoms with van der Waals surface area (Å²) < 4.78 is 22.8. The molecule has 1 aliphatic heterocycles. The maximum atomic E-state index is 12.6. The van der Waals surface area contributed by atoms with Crippen LogP contribution in [0.4, 0.5) is 0 Å². The second-order valence-corrected chi connectivity index (χ2v) is 10.1. The summed E-state index contributed by atoms with van der Waals surface area (Å²) in [5.74, 6) is -1.95. The zero-order valence-corrected chi connectivity index (χ0v) is 21.0. The second-order valence-electron chi connectivity index (χ2n) is 10.1. The van der Waals surface area contributed by atoms with Gasteiger partial charge < -0.3 is 18.9 Å². The molecular weight excluding hydrogens is 440 g/mol. The third-order valence-corrected chi connectivity index (χ3v) is 6.17. The Balaban J connectivity index is 2.41. The molecule has 2 aliphatic rings. The number of carbonyl (C=O) groups excluding carboxylic acids is 4. The molecule has 8 heteroatoms. The van der Waals surface area contributed by atoms with Crippen molar-refractivity contribution < 1.29 is 38.1 Å². The lowest BCUT2D eigenvalue weighted by molar-refractivity contribution is -0.164. The summed E-state index contributed by atoms with van der Waals surface area (Å²) >= 11 is 0. The van der Waals surface area contributed by atoms with Gasteiger partial charge in [-0.1, -0.05) is 27.7 Å². The highest BCUT2D eigenvalue weighted by atomic mass is 16.6. The van der Waals surface area contributed by atoms with Crippen LogP contribution in [-0.4, -0.2) is 29.5 Å². The summed E-state index contributed by atoms with van der Waals surface area (Å²) in [4.78, 5) is 48.8. The summed E-state index contributed by atoms with van der Waals surface area (Å²) in [6, 6.07) is 1.81. The van der Waals surface area contributed by atoms with Crippen molar-refractivity contribution in [2.24, 2.45) is 5.41 Å². The van der Waals surface area contributed by atoms with Crippen LogP contribution >= 0.6 is 0 Å². The number of carbonyl (C=O) groups is 4. The molecule has 0 bridgehead atoms. The lowest BCUT2D eigenvalue weighted by atomic mass is 9.69. The Hall–Kier alpha value is -3.16. The molecule has 1 heterocycles. The van der Waals surface area contributed by atoms with Crippen molar-refractivity contribution in [1.29, 1.82) is 0 Å². The lowest BCUT2D eigenvalue weighted by Crippen LogP contribution is -2.47. The zero-order valence-electron chi connectivity index (χ0n) is 21.0. The van der Waals surface area contributed by atoms with Gasteiger partial charge in [-0.05, 0) is 30.6 Å². The van der Waals surface area contributed by atoms with Gasteiger partial charge in [-0.2, -0.15) is 0 Å². The van der Waals surface area contributed by atoms with Crippen molar-refractivity contribution in [1.82, 2.24) is 0 Å². The first-order chi connectivity index (χ1) is 15.6. The Morgan fingerprint density at radius 1 is 0.971 bits per heavy atom. The van der Waals surface area contributed by atoms with E-state index in [-0.39, 0.29) is 36.2 Å². The number of hydrogen-bond donors (Lipinski definition) is 0. The Morgan fingerprint density at radius 2 is 1.56 bits per heavy atom. The average molecular weight is 473 g/mol. The molecule has 1 fully saturated rings. The van der Waals surface area contributed by atoms with Crippen LogP contribution < -0.4 is 9.47 Å². The van der Waals surface area contributed by atoms with Gasteiger partial charge in [0, 0.05) is 49.3 Å². The molecule has 8 nitrogen and oxygen atoms in total. The minimum Gasteiger partial charge on any atom is -0.454 e. The van der Waals surface area contributed by atoms with Crippen LogP contribution in [0.1, 0.15) is 90.5 Å². The number of benzene rings is 1. The lowest BCUT2D eigenvalue weighted by Gasteiger charge is -2.44. The molecule has 1 aromatic rings. The summed E-state index contributed by atoms with van der Waals surface area (Å²) in [7, 11) is 0. The van der Waals surface area contributed by atoms with E-state index in [1.165, 1.54) is 20.8 Å². The van der Waals surface area contributed by atoms with Crippen molar-refractivity contribution in [3.8, 4) is 11.5 Å². The van der Waals surface area contributed by atoms with Gasteiger partial charge in [-0.25, -0.2) is 0 Å². The molecule has 0 unspecified atom stereocenters. The van der Waals surface area contributed by atoms with Crippen LogP contribution in [0, 0.1) is 5.41 Å². The predicted molar refractivity (Wildman–Crippen MR) is 122 cm³/mol. The van der Waals surface area contributed by atoms with Crippen LogP contribution in [-0.2, 0) is 35.1 Å². The van der Waals surface area contributed by atoms with E-state index < -0.39 is 35.0 Å². The number of hydrogen-bond acceptors (Lipinski definition) is 8. The Bertz CT molecular complexity index is 1090. The van der Waals surface area contributed by atoms with Crippen LogP contribution in [0.5, 0.6) is 11.5 Å². The smallest absolute Gasteiger partial charge is 0.308 e. The van der Waals surface area contributed by atoms with Crippen molar-refractivity contribution in [2.45, 2.75) is 85.9 Å². The first kappa shape index (κ1) is 25.5. The quantitative estimate of drug-likeness (QED) is 0.359. The molecular formula is C26H32O8. The topological polar surface area (TPSA) is 105 Å². The van der Waals surface area contributed by atoms with Crippen LogP contribution in [0.2, 0.25) is 0 Å². The molecule has 0 N–H and O–H groups in total. The van der Waals surface area contributed by atoms with Crippen molar-refractivity contribution in [2.75, 3.05) is 0 Å². The van der Waals surface area contributed by atoms with Gasteiger partial charge >= 0.3 is 23.9 Å². The van der Waals surface area contributed by atoms with Gasteiger partial charge in [0.1, 0.15) is 11.7 Å². The van der Waals surface area contributed by atoms with E-state index in [1.807, 2.05) is 39.8 Å². The van der Waals surface area contributed by atoms with E-state index >= 15 is 0 Å². The minimum absolute atomic E-state index is 0.0661. The fourth-order valence-electron chi connectivity index (χ4n) is 4.99. The van der Waals surface area contributed by atoms with E-state index in [2.05, 4.69) is 0 Å². The SMILES string of the molecule is CC(=O)Oc1c(C(C)C)cc2c(c1OC(C)=O)C[C@]1(C)OC(=O)CC(C)(C)C1=C[C@@H]2OC(C)=O. The Morgan fingerprint density at radius 3 is 2.09 bits per heavy atom. The molecule has 1 saturated heterocycles. The highest BCUT2D eigenvalue weighted by molar-refractivity contribution is 5.78. The zero-order chi connectivity index (χ0) is 25.6. The van der Waals surface area contributed by atoms with E-state index in [1.54, 1.807) is 6.92 Å². The van der Waals surface area contributed by atoms with Gasteiger partial charge in [0.05, 0.1) is 6.42 Å². The molecule has 2 atom stereocenters. The van der Waals surface area contributed by atoms with Crippen molar-refractivity contribution >= 4 is 23.9 Å². The van der Waals surface area contributed by atoms with Gasteiger partial charge in [0.15, 0.2) is 11.5 Å². The number of ether oxygens (including phenoxy) is 4. The Kier molecular flexibility index (Phi) is 6.66. The molecule has 34 heavy (non-hydrogen) atoms. The van der Waals surface area contributed by atoms with E-state index in [0.717, 1.165) is 5.57 Å². The molecule has 1 aliphatic carbocycles. The van der Waals surface area contributed by atoms with Crippen LogP contribution in [0.3, 0.4) is 0 Å². The summed E-state index contributed by atoms with van der Waals surface area (Å²) in [6.45, 7) is 13.3. The summed E-state index contributed by atoms with van der Waals surface area (Å²) in [5.41, 5.74) is 0.820. The fourth-order valence-corrected chi connectivity index (χ4v) is 4.99. The van der Waals surface area contributed by atoms with Gasteiger partial charge in [0.2, 0.25) is 0 Å². The van der Waals surface area contributed by atoms with E-state index in [9.17, 15) is 19.2 Å². The minimum atomic E-state index is -1.09. The molecule has 3 rings (SSSR count). The monoisotopic (exact) mass is 472 g/mol. The summed E-state index contributed by atoms with van der Waals surface area (Å²) in [5, 5.41) is 0. The average Bonchev–Trinajstić information content (AvgIpc) is 2.76. The third-order valence-electron chi connectivity index (χ3n) is 6.17. The molecule has 184 valence electrons. The van der Waals surface area contributed by atoms with Crippen molar-refractivity contribution in [3.63, 3.8) is 0 Å². The molecule has 0 aromatic heterocycles. The normalized spacial score (nSPS) is 23.0. The number of fused-ring (bicyclic) bond motifs is 2. The molecule has 0 saturated carbocycles. The molecule has 1 aromatic carbocycles. The first-order valence-electron chi connectivity index (χ1n) is 11.3. The van der Waals surface area contributed by atoms with E-state index in [4.69, 9.17) is 18.9 Å². The number of esters is 4. The fraction of sp³-hybridized carbons (Fsp3) is 0.538. The summed E-state index contributed by atoms with van der Waals surface area (Å²) in [6.07, 6.45) is 1.31. The third kappa shape index (κ3) is 4.86.